The molecule has 186 valence electrons. The van der Waals surface area contributed by atoms with Crippen LogP contribution in [-0.2, 0) is 14.3 Å². The zero-order chi connectivity index (χ0) is 25.5. The van der Waals surface area contributed by atoms with E-state index >= 15 is 0 Å². The van der Waals surface area contributed by atoms with Gasteiger partial charge in [0.2, 0.25) is 0 Å². The normalized spacial score (nSPS) is 17.8. The van der Waals surface area contributed by atoms with Crippen LogP contribution in [0.25, 0.3) is 0 Å². The molecule has 1 aliphatic heterocycles. The molecule has 1 aliphatic carbocycles. The Balaban J connectivity index is 1.39. The molecule has 2 aliphatic rings. The third-order valence-corrected chi connectivity index (χ3v) is 5.31. The number of hydrogen-bond acceptors (Lipinski definition) is 10. The lowest BCUT2D eigenvalue weighted by atomic mass is 9.95. The van der Waals surface area contributed by atoms with Crippen molar-refractivity contribution >= 4 is 29.4 Å². The molecule has 2 heterocycles. The summed E-state index contributed by atoms with van der Waals surface area (Å²) in [6, 6.07) is 5.52. The summed E-state index contributed by atoms with van der Waals surface area (Å²) in [5.74, 6) is 0.320. The lowest BCUT2D eigenvalue weighted by molar-refractivity contribution is -0.153. The number of anilines is 1. The van der Waals surface area contributed by atoms with E-state index in [2.05, 4.69) is 25.7 Å². The van der Waals surface area contributed by atoms with Gasteiger partial charge in [-0.05, 0) is 42.5 Å². The molecule has 0 spiro atoms. The van der Waals surface area contributed by atoms with E-state index in [1.165, 1.54) is 7.11 Å². The number of amides is 4. The molecule has 1 aromatic carbocycles. The molecular formula is C24H24N6O6. The molecule has 0 atom stereocenters. The molecule has 0 radical (unpaired) electrons. The van der Waals surface area contributed by atoms with Gasteiger partial charge in [-0.3, -0.25) is 25.2 Å². The number of aromatic nitrogens is 2. The minimum Gasteiger partial charge on any atom is -0.467 e. The largest absolute Gasteiger partial charge is 0.467 e. The van der Waals surface area contributed by atoms with E-state index in [1.807, 2.05) is 12.2 Å². The summed E-state index contributed by atoms with van der Waals surface area (Å²) in [5.41, 5.74) is -1.11. The number of rotatable bonds is 9. The second kappa shape index (κ2) is 10.8. The number of imide groups is 2. The minimum absolute atomic E-state index is 0.0660. The first-order valence-electron chi connectivity index (χ1n) is 11.0. The molecule has 0 bridgehead atoms. The Morgan fingerprint density at radius 3 is 2.39 bits per heavy atom. The maximum Gasteiger partial charge on any atom is 0.328 e. The minimum atomic E-state index is -1.94. The van der Waals surface area contributed by atoms with E-state index in [4.69, 9.17) is 14.2 Å². The monoisotopic (exact) mass is 492 g/mol. The van der Waals surface area contributed by atoms with Crippen LogP contribution in [0.3, 0.4) is 0 Å². The third-order valence-electron chi connectivity index (χ3n) is 5.31. The van der Waals surface area contributed by atoms with E-state index in [0.29, 0.717) is 23.7 Å². The van der Waals surface area contributed by atoms with Crippen molar-refractivity contribution in [2.75, 3.05) is 25.8 Å². The Labute approximate surface area is 206 Å². The number of barbiturate groups is 1. The Morgan fingerprint density at radius 1 is 1.06 bits per heavy atom. The van der Waals surface area contributed by atoms with Crippen LogP contribution in [0.2, 0.25) is 0 Å². The Bertz CT molecular complexity index is 1210. The average Bonchev–Trinajstić information content (AvgIpc) is 2.88. The van der Waals surface area contributed by atoms with Crippen molar-refractivity contribution in [3.8, 4) is 11.5 Å². The van der Waals surface area contributed by atoms with Gasteiger partial charge in [0.25, 0.3) is 17.4 Å². The fourth-order valence-corrected chi connectivity index (χ4v) is 3.44. The Morgan fingerprint density at radius 2 is 1.78 bits per heavy atom. The van der Waals surface area contributed by atoms with Crippen molar-refractivity contribution < 1.29 is 28.6 Å². The van der Waals surface area contributed by atoms with Gasteiger partial charge in [-0.1, -0.05) is 0 Å². The van der Waals surface area contributed by atoms with Crippen molar-refractivity contribution in [1.29, 1.82) is 0 Å². The summed E-state index contributed by atoms with van der Waals surface area (Å²) in [7, 11) is 3.23. The summed E-state index contributed by atoms with van der Waals surface area (Å²) in [6.45, 7) is 0.0660. The van der Waals surface area contributed by atoms with E-state index < -0.39 is 23.4 Å². The molecule has 2 N–H and O–H groups in total. The van der Waals surface area contributed by atoms with Gasteiger partial charge in [0.15, 0.2) is 5.82 Å². The number of hydrogen-bond donors (Lipinski definition) is 2. The van der Waals surface area contributed by atoms with Gasteiger partial charge in [0.05, 0.1) is 18.5 Å². The molecule has 36 heavy (non-hydrogen) atoms. The zero-order valence-corrected chi connectivity index (χ0v) is 19.6. The zero-order valence-electron chi connectivity index (χ0n) is 19.6. The maximum absolute atomic E-state index is 12.5. The quantitative estimate of drug-likeness (QED) is 0.395. The molecular weight excluding hydrogens is 468 g/mol. The van der Waals surface area contributed by atoms with Crippen LogP contribution in [0, 0.1) is 0 Å². The highest BCUT2D eigenvalue weighted by molar-refractivity contribution is 6.21. The highest BCUT2D eigenvalue weighted by Gasteiger charge is 2.52. The number of urea groups is 1. The first-order valence-corrected chi connectivity index (χ1v) is 11.0. The second-order valence-corrected chi connectivity index (χ2v) is 7.81. The smallest absolute Gasteiger partial charge is 0.328 e. The SMILES string of the molecule is COCCC1(Oc2ccc(OC3=CC/C(=N\N(C)c4cnccn4)C=C3)cc2)C(=O)NC(=O)NC1=O. The van der Waals surface area contributed by atoms with Crippen LogP contribution in [0.1, 0.15) is 12.8 Å². The van der Waals surface area contributed by atoms with Gasteiger partial charge in [-0.25, -0.2) is 14.8 Å². The standard InChI is InChI=1S/C24H24N6O6/c1-30(20-15-25-12-13-26-20)29-16-3-5-17(6-4-16)35-18-7-9-19(10-8-18)36-24(11-14-34-2)21(31)27-23(33)28-22(24)32/h3,5-10,12-13,15H,4,11,14H2,1-2H3,(H2,27,28,31,32,33)/b29-16-. The van der Waals surface area contributed by atoms with Crippen LogP contribution in [0.15, 0.2) is 71.9 Å². The Kier molecular flexibility index (Phi) is 7.35. The molecule has 12 nitrogen and oxygen atoms in total. The van der Waals surface area contributed by atoms with Gasteiger partial charge in [0, 0.05) is 39.4 Å². The molecule has 1 saturated heterocycles. The number of hydrazone groups is 1. The predicted molar refractivity (Wildman–Crippen MR) is 128 cm³/mol. The van der Waals surface area contributed by atoms with Gasteiger partial charge in [-0.2, -0.15) is 5.10 Å². The molecule has 0 saturated carbocycles. The number of ether oxygens (including phenoxy) is 3. The van der Waals surface area contributed by atoms with Crippen molar-refractivity contribution in [3.63, 3.8) is 0 Å². The lowest BCUT2D eigenvalue weighted by Crippen LogP contribution is -2.69. The van der Waals surface area contributed by atoms with Crippen molar-refractivity contribution in [1.82, 2.24) is 20.6 Å². The summed E-state index contributed by atoms with van der Waals surface area (Å²) < 4.78 is 16.7. The van der Waals surface area contributed by atoms with Crippen LogP contribution < -0.4 is 25.1 Å². The van der Waals surface area contributed by atoms with Crippen LogP contribution in [0.5, 0.6) is 11.5 Å². The van der Waals surface area contributed by atoms with Gasteiger partial charge in [-0.15, -0.1) is 0 Å². The number of carbonyl (C=O) groups is 3. The summed E-state index contributed by atoms with van der Waals surface area (Å²) in [5, 5.41) is 10.3. The third kappa shape index (κ3) is 5.55. The van der Waals surface area contributed by atoms with E-state index in [1.54, 1.807) is 61.0 Å². The fraction of sp³-hybridized carbons (Fsp3) is 0.250. The van der Waals surface area contributed by atoms with E-state index in [0.717, 1.165) is 5.71 Å². The number of methoxy groups -OCH3 is 1. The number of nitrogens with one attached hydrogen (secondary N) is 2. The fourth-order valence-electron chi connectivity index (χ4n) is 3.44. The lowest BCUT2D eigenvalue weighted by Gasteiger charge is -2.34. The van der Waals surface area contributed by atoms with Crippen molar-refractivity contribution in [2.24, 2.45) is 5.10 Å². The molecule has 4 rings (SSSR count). The molecule has 1 fully saturated rings. The maximum atomic E-state index is 12.5. The number of benzene rings is 1. The second-order valence-electron chi connectivity index (χ2n) is 7.81. The molecule has 1 aromatic heterocycles. The van der Waals surface area contributed by atoms with Crippen LogP contribution in [-0.4, -0.2) is 59.9 Å². The van der Waals surface area contributed by atoms with Crippen LogP contribution in [0.4, 0.5) is 10.6 Å². The first-order chi connectivity index (χ1) is 17.4. The summed E-state index contributed by atoms with van der Waals surface area (Å²) in [4.78, 5) is 44.8. The number of nitrogens with zero attached hydrogens (tertiary/aromatic N) is 4. The van der Waals surface area contributed by atoms with Crippen LogP contribution >= 0.6 is 0 Å². The highest BCUT2D eigenvalue weighted by Crippen LogP contribution is 2.27. The predicted octanol–water partition coefficient (Wildman–Crippen LogP) is 1.71. The number of carbonyl (C=O) groups excluding carboxylic acids is 3. The molecule has 2 aromatic rings. The van der Waals surface area contributed by atoms with Crippen molar-refractivity contribution in [3.05, 3.63) is 66.8 Å². The Hall–Kier alpha value is -4.58. The highest BCUT2D eigenvalue weighted by atomic mass is 16.5. The van der Waals surface area contributed by atoms with Gasteiger partial charge < -0.3 is 14.2 Å². The summed E-state index contributed by atoms with van der Waals surface area (Å²) in [6.07, 6.45) is 10.8. The van der Waals surface area contributed by atoms with E-state index in [9.17, 15) is 14.4 Å². The molecule has 0 unspecified atom stereocenters. The van der Waals surface area contributed by atoms with E-state index in [-0.39, 0.29) is 18.8 Å². The number of allylic oxidation sites excluding steroid dienone is 3. The topological polar surface area (TPSA) is 144 Å². The average molecular weight is 492 g/mol. The molecule has 12 heteroatoms. The van der Waals surface area contributed by atoms with Gasteiger partial charge >= 0.3 is 6.03 Å². The van der Waals surface area contributed by atoms with Gasteiger partial charge in [0.1, 0.15) is 17.3 Å². The summed E-state index contributed by atoms with van der Waals surface area (Å²) >= 11 is 0. The van der Waals surface area contributed by atoms with Crippen molar-refractivity contribution in [2.45, 2.75) is 18.4 Å². The molecule has 4 amide bonds. The first kappa shape index (κ1) is 24.5.